The molecule has 0 aliphatic heterocycles. The van der Waals surface area contributed by atoms with Gasteiger partial charge in [0.25, 0.3) is 0 Å². The Morgan fingerprint density at radius 2 is 2.15 bits per heavy atom. The molecule has 20 heavy (non-hydrogen) atoms. The van der Waals surface area contributed by atoms with Crippen molar-refractivity contribution < 1.29 is 9.47 Å². The highest BCUT2D eigenvalue weighted by Crippen LogP contribution is 2.26. The van der Waals surface area contributed by atoms with E-state index < -0.39 is 0 Å². The topological polar surface area (TPSA) is 47.5 Å². The van der Waals surface area contributed by atoms with Gasteiger partial charge in [0.2, 0.25) is 5.13 Å². The minimum Gasteiger partial charge on any atom is -0.496 e. The lowest BCUT2D eigenvalue weighted by Crippen LogP contribution is -2.16. The SMILES string of the molecule is COCc1nsc(N(C)Cc2cc(Cl)ccc2OC)n1. The number of nitrogens with zero attached hydrogens (tertiary/aromatic N) is 3. The molecule has 0 aliphatic rings. The van der Waals surface area contributed by atoms with Crippen LogP contribution in [0.2, 0.25) is 5.02 Å². The van der Waals surface area contributed by atoms with E-state index >= 15 is 0 Å². The van der Waals surface area contributed by atoms with E-state index in [9.17, 15) is 0 Å². The number of halogens is 1. The molecule has 108 valence electrons. The molecule has 0 bridgehead atoms. The Labute approximate surface area is 127 Å². The number of hydrogen-bond acceptors (Lipinski definition) is 6. The molecule has 0 unspecified atom stereocenters. The Morgan fingerprint density at radius 1 is 1.35 bits per heavy atom. The standard InChI is InChI=1S/C13H16ClN3O2S/c1-17(13-15-12(8-18-2)16-20-13)7-9-6-10(14)4-5-11(9)19-3/h4-6H,7-8H2,1-3H3. The van der Waals surface area contributed by atoms with Crippen LogP contribution in [0.3, 0.4) is 0 Å². The maximum atomic E-state index is 6.03. The lowest BCUT2D eigenvalue weighted by Gasteiger charge is -2.17. The van der Waals surface area contributed by atoms with Crippen LogP contribution in [0.1, 0.15) is 11.4 Å². The normalized spacial score (nSPS) is 10.6. The molecule has 0 saturated heterocycles. The van der Waals surface area contributed by atoms with E-state index in [4.69, 9.17) is 21.1 Å². The maximum Gasteiger partial charge on any atom is 0.205 e. The molecule has 0 radical (unpaired) electrons. The zero-order valence-electron chi connectivity index (χ0n) is 11.6. The van der Waals surface area contributed by atoms with Crippen LogP contribution >= 0.6 is 23.1 Å². The number of benzene rings is 1. The molecular formula is C13H16ClN3O2S. The summed E-state index contributed by atoms with van der Waals surface area (Å²) in [7, 11) is 5.23. The molecule has 5 nitrogen and oxygen atoms in total. The van der Waals surface area contributed by atoms with Crippen molar-refractivity contribution in [3.8, 4) is 5.75 Å². The fourth-order valence-corrected chi connectivity index (χ4v) is 2.61. The number of ether oxygens (including phenoxy) is 2. The summed E-state index contributed by atoms with van der Waals surface area (Å²) in [5.74, 6) is 1.50. The van der Waals surface area contributed by atoms with Crippen LogP contribution < -0.4 is 9.64 Å². The third-order valence-electron chi connectivity index (χ3n) is 2.71. The average Bonchev–Trinajstić information content (AvgIpc) is 2.88. The van der Waals surface area contributed by atoms with Gasteiger partial charge in [-0.15, -0.1) is 0 Å². The first-order valence-electron chi connectivity index (χ1n) is 5.99. The Bertz CT molecular complexity index is 576. The van der Waals surface area contributed by atoms with Crippen molar-refractivity contribution in [1.82, 2.24) is 9.36 Å². The van der Waals surface area contributed by atoms with Gasteiger partial charge in [-0.25, -0.2) is 4.98 Å². The third-order valence-corrected chi connectivity index (χ3v) is 3.81. The fourth-order valence-electron chi connectivity index (χ4n) is 1.78. The van der Waals surface area contributed by atoms with Crippen LogP contribution in [0.4, 0.5) is 5.13 Å². The van der Waals surface area contributed by atoms with Crippen molar-refractivity contribution in [3.63, 3.8) is 0 Å². The molecular weight excluding hydrogens is 298 g/mol. The smallest absolute Gasteiger partial charge is 0.205 e. The molecule has 1 aromatic heterocycles. The van der Waals surface area contributed by atoms with Gasteiger partial charge in [0.15, 0.2) is 5.82 Å². The summed E-state index contributed by atoms with van der Waals surface area (Å²) in [5, 5.41) is 1.52. The summed E-state index contributed by atoms with van der Waals surface area (Å²) < 4.78 is 14.6. The summed E-state index contributed by atoms with van der Waals surface area (Å²) in [5.41, 5.74) is 1.01. The highest BCUT2D eigenvalue weighted by atomic mass is 35.5. The zero-order valence-corrected chi connectivity index (χ0v) is 13.2. The summed E-state index contributed by atoms with van der Waals surface area (Å²) in [6.45, 7) is 1.07. The molecule has 7 heteroatoms. The van der Waals surface area contributed by atoms with Crippen LogP contribution in [0.15, 0.2) is 18.2 Å². The van der Waals surface area contributed by atoms with E-state index in [0.29, 0.717) is 24.0 Å². The third kappa shape index (κ3) is 3.59. The van der Waals surface area contributed by atoms with Crippen LogP contribution in [0.5, 0.6) is 5.75 Å². The predicted octanol–water partition coefficient (Wildman–Crippen LogP) is 2.98. The number of anilines is 1. The lowest BCUT2D eigenvalue weighted by atomic mass is 10.2. The first-order valence-corrected chi connectivity index (χ1v) is 7.14. The Hall–Kier alpha value is -1.37. The fraction of sp³-hybridized carbons (Fsp3) is 0.385. The number of aromatic nitrogens is 2. The van der Waals surface area contributed by atoms with Crippen LogP contribution in [-0.4, -0.2) is 30.6 Å². The molecule has 0 fully saturated rings. The number of hydrogen-bond donors (Lipinski definition) is 0. The van der Waals surface area contributed by atoms with Gasteiger partial charge in [0.1, 0.15) is 12.4 Å². The molecule has 0 amide bonds. The minimum absolute atomic E-state index is 0.421. The highest BCUT2D eigenvalue weighted by Gasteiger charge is 2.12. The van der Waals surface area contributed by atoms with E-state index in [2.05, 4.69) is 9.36 Å². The monoisotopic (exact) mass is 313 g/mol. The van der Waals surface area contributed by atoms with Gasteiger partial charge in [-0.2, -0.15) is 4.37 Å². The van der Waals surface area contributed by atoms with Gasteiger partial charge in [0, 0.05) is 42.8 Å². The second kappa shape index (κ2) is 6.88. The first-order chi connectivity index (χ1) is 9.63. The van der Waals surface area contributed by atoms with E-state index in [0.717, 1.165) is 16.4 Å². The molecule has 0 spiro atoms. The van der Waals surface area contributed by atoms with Gasteiger partial charge in [-0.1, -0.05) is 11.6 Å². The van der Waals surface area contributed by atoms with Crippen LogP contribution in [0, 0.1) is 0 Å². The highest BCUT2D eigenvalue weighted by molar-refractivity contribution is 7.09. The maximum absolute atomic E-state index is 6.03. The lowest BCUT2D eigenvalue weighted by molar-refractivity contribution is 0.179. The van der Waals surface area contributed by atoms with Crippen LogP contribution in [0.25, 0.3) is 0 Å². The van der Waals surface area contributed by atoms with Gasteiger partial charge in [-0.3, -0.25) is 0 Å². The Kier molecular flexibility index (Phi) is 5.17. The summed E-state index contributed by atoms with van der Waals surface area (Å²) >= 11 is 7.38. The van der Waals surface area contributed by atoms with Gasteiger partial charge >= 0.3 is 0 Å². The number of methoxy groups -OCH3 is 2. The van der Waals surface area contributed by atoms with E-state index in [-0.39, 0.29) is 0 Å². The summed E-state index contributed by atoms with van der Waals surface area (Å²) in [6, 6.07) is 5.57. The molecule has 1 aromatic carbocycles. The molecule has 0 atom stereocenters. The van der Waals surface area contributed by atoms with Gasteiger partial charge in [0.05, 0.1) is 7.11 Å². The molecule has 0 N–H and O–H groups in total. The molecule has 0 aliphatic carbocycles. The molecule has 1 heterocycles. The van der Waals surface area contributed by atoms with Crippen molar-refractivity contribution in [3.05, 3.63) is 34.6 Å². The van der Waals surface area contributed by atoms with E-state index in [1.165, 1.54) is 11.5 Å². The largest absolute Gasteiger partial charge is 0.496 e. The van der Waals surface area contributed by atoms with Crippen molar-refractivity contribution >= 4 is 28.3 Å². The quantitative estimate of drug-likeness (QED) is 0.820. The molecule has 0 saturated carbocycles. The van der Waals surface area contributed by atoms with Crippen molar-refractivity contribution in [2.45, 2.75) is 13.2 Å². The van der Waals surface area contributed by atoms with Gasteiger partial charge < -0.3 is 14.4 Å². The first kappa shape index (κ1) is 15.0. The van der Waals surface area contributed by atoms with Gasteiger partial charge in [-0.05, 0) is 18.2 Å². The predicted molar refractivity (Wildman–Crippen MR) is 80.7 cm³/mol. The van der Waals surface area contributed by atoms with E-state index in [1.54, 1.807) is 14.2 Å². The minimum atomic E-state index is 0.421. The van der Waals surface area contributed by atoms with E-state index in [1.807, 2.05) is 30.1 Å². The second-order valence-electron chi connectivity index (χ2n) is 4.24. The van der Waals surface area contributed by atoms with Crippen molar-refractivity contribution in [2.75, 3.05) is 26.2 Å². The Morgan fingerprint density at radius 3 is 2.85 bits per heavy atom. The average molecular weight is 314 g/mol. The molecule has 2 aromatic rings. The summed E-state index contributed by atoms with van der Waals surface area (Å²) in [4.78, 5) is 6.41. The Balaban J connectivity index is 2.13. The van der Waals surface area contributed by atoms with Crippen molar-refractivity contribution in [1.29, 1.82) is 0 Å². The zero-order chi connectivity index (χ0) is 14.5. The number of rotatable bonds is 6. The van der Waals surface area contributed by atoms with Crippen molar-refractivity contribution in [2.24, 2.45) is 0 Å². The van der Waals surface area contributed by atoms with Crippen LogP contribution in [-0.2, 0) is 17.9 Å². The molecule has 2 rings (SSSR count). The summed E-state index contributed by atoms with van der Waals surface area (Å²) in [6.07, 6.45) is 0. The second-order valence-corrected chi connectivity index (χ2v) is 5.41.